The predicted octanol–water partition coefficient (Wildman–Crippen LogP) is 4.25. The van der Waals surface area contributed by atoms with E-state index in [2.05, 4.69) is 25.7 Å². The van der Waals surface area contributed by atoms with Crippen molar-refractivity contribution < 1.29 is 0 Å². The molecule has 0 nitrogen and oxygen atoms in total. The Kier molecular flexibility index (Phi) is 5.09. The SMILES string of the molecule is CC#CC1CC(C)CCC1CCCC. The topological polar surface area (TPSA) is 0 Å². The van der Waals surface area contributed by atoms with Gasteiger partial charge in [0.05, 0.1) is 0 Å². The number of hydrogen-bond donors (Lipinski definition) is 0. The molecule has 1 fully saturated rings. The van der Waals surface area contributed by atoms with E-state index in [-0.39, 0.29) is 0 Å². The van der Waals surface area contributed by atoms with E-state index in [1.165, 1.54) is 38.5 Å². The molecule has 1 saturated carbocycles. The molecule has 0 amide bonds. The van der Waals surface area contributed by atoms with Gasteiger partial charge in [-0.2, -0.15) is 0 Å². The fourth-order valence-corrected chi connectivity index (χ4v) is 2.62. The highest BCUT2D eigenvalue weighted by atomic mass is 14.3. The summed E-state index contributed by atoms with van der Waals surface area (Å²) in [6.07, 6.45) is 8.31. The smallest absolute Gasteiger partial charge is 0.0233 e. The third-order valence-electron chi connectivity index (χ3n) is 3.51. The van der Waals surface area contributed by atoms with Gasteiger partial charge in [-0.3, -0.25) is 0 Å². The Hall–Kier alpha value is -0.440. The van der Waals surface area contributed by atoms with E-state index >= 15 is 0 Å². The first-order chi connectivity index (χ1) is 6.77. The molecule has 0 bridgehead atoms. The summed E-state index contributed by atoms with van der Waals surface area (Å²) < 4.78 is 0. The molecule has 0 aromatic heterocycles. The Morgan fingerprint density at radius 2 is 2.07 bits per heavy atom. The lowest BCUT2D eigenvalue weighted by molar-refractivity contribution is 0.220. The highest BCUT2D eigenvalue weighted by Gasteiger charge is 2.26. The van der Waals surface area contributed by atoms with Gasteiger partial charge in [0.15, 0.2) is 0 Å². The average molecular weight is 192 g/mol. The second-order valence-corrected chi connectivity index (χ2v) is 4.82. The standard InChI is InChI=1S/C14H24/c1-4-6-8-13-10-9-12(3)11-14(13)7-5-2/h12-14H,4,6,8-11H2,1-3H3. The molecule has 0 heteroatoms. The fourth-order valence-electron chi connectivity index (χ4n) is 2.62. The maximum absolute atomic E-state index is 3.42. The van der Waals surface area contributed by atoms with Crippen LogP contribution in [0.2, 0.25) is 0 Å². The van der Waals surface area contributed by atoms with Crippen LogP contribution in [-0.2, 0) is 0 Å². The molecule has 14 heavy (non-hydrogen) atoms. The Labute approximate surface area is 89.5 Å². The van der Waals surface area contributed by atoms with Crippen molar-refractivity contribution in [2.45, 2.75) is 59.3 Å². The Bertz CT molecular complexity index is 204. The lowest BCUT2D eigenvalue weighted by atomic mass is 9.73. The van der Waals surface area contributed by atoms with E-state index < -0.39 is 0 Å². The lowest BCUT2D eigenvalue weighted by Gasteiger charge is -2.31. The average Bonchev–Trinajstić information content (AvgIpc) is 2.17. The largest absolute Gasteiger partial charge is 0.106 e. The number of unbranched alkanes of at least 4 members (excludes halogenated alkanes) is 1. The van der Waals surface area contributed by atoms with Crippen LogP contribution >= 0.6 is 0 Å². The van der Waals surface area contributed by atoms with Crippen molar-refractivity contribution in [1.29, 1.82) is 0 Å². The third kappa shape index (κ3) is 3.37. The quantitative estimate of drug-likeness (QED) is 0.586. The molecule has 3 unspecified atom stereocenters. The number of rotatable bonds is 3. The van der Waals surface area contributed by atoms with Crippen molar-refractivity contribution >= 4 is 0 Å². The summed E-state index contributed by atoms with van der Waals surface area (Å²) in [7, 11) is 0. The summed E-state index contributed by atoms with van der Waals surface area (Å²) in [5.74, 6) is 9.05. The lowest BCUT2D eigenvalue weighted by Crippen LogP contribution is -2.22. The molecule has 0 saturated heterocycles. The number of hydrogen-bond acceptors (Lipinski definition) is 0. The summed E-state index contributed by atoms with van der Waals surface area (Å²) in [5, 5.41) is 0. The molecule has 0 spiro atoms. The minimum Gasteiger partial charge on any atom is -0.106 e. The first kappa shape index (κ1) is 11.6. The van der Waals surface area contributed by atoms with Crippen LogP contribution in [0.5, 0.6) is 0 Å². The molecule has 0 aromatic carbocycles. The Morgan fingerprint density at radius 1 is 1.29 bits per heavy atom. The first-order valence-corrected chi connectivity index (χ1v) is 6.20. The summed E-state index contributed by atoms with van der Waals surface area (Å²) in [5.41, 5.74) is 0. The highest BCUT2D eigenvalue weighted by molar-refractivity contribution is 5.04. The molecule has 1 aliphatic carbocycles. The van der Waals surface area contributed by atoms with E-state index in [1.54, 1.807) is 0 Å². The van der Waals surface area contributed by atoms with Crippen LogP contribution < -0.4 is 0 Å². The maximum Gasteiger partial charge on any atom is 0.0233 e. The van der Waals surface area contributed by atoms with Crippen molar-refractivity contribution in [2.75, 3.05) is 0 Å². The summed E-state index contributed by atoms with van der Waals surface area (Å²) in [6, 6.07) is 0. The first-order valence-electron chi connectivity index (χ1n) is 6.20. The molecule has 0 heterocycles. The van der Waals surface area contributed by atoms with Gasteiger partial charge in [-0.1, -0.05) is 39.0 Å². The van der Waals surface area contributed by atoms with Crippen molar-refractivity contribution in [2.24, 2.45) is 17.8 Å². The van der Waals surface area contributed by atoms with Crippen LogP contribution in [-0.4, -0.2) is 0 Å². The van der Waals surface area contributed by atoms with Gasteiger partial charge in [0.1, 0.15) is 0 Å². The van der Waals surface area contributed by atoms with E-state index in [4.69, 9.17) is 0 Å². The fraction of sp³-hybridized carbons (Fsp3) is 0.857. The van der Waals surface area contributed by atoms with E-state index in [9.17, 15) is 0 Å². The van der Waals surface area contributed by atoms with Gasteiger partial charge in [-0.15, -0.1) is 5.92 Å². The van der Waals surface area contributed by atoms with Gasteiger partial charge in [0.2, 0.25) is 0 Å². The van der Waals surface area contributed by atoms with Crippen LogP contribution in [0.4, 0.5) is 0 Å². The second-order valence-electron chi connectivity index (χ2n) is 4.82. The molecule has 80 valence electrons. The van der Waals surface area contributed by atoms with Crippen molar-refractivity contribution in [3.63, 3.8) is 0 Å². The minimum absolute atomic E-state index is 0.704. The molecule has 0 aromatic rings. The zero-order valence-corrected chi connectivity index (χ0v) is 9.97. The molecule has 0 radical (unpaired) electrons. The molecule has 0 aliphatic heterocycles. The van der Waals surface area contributed by atoms with Gasteiger partial charge in [-0.05, 0) is 38.0 Å². The van der Waals surface area contributed by atoms with Gasteiger partial charge in [0, 0.05) is 5.92 Å². The molecule has 3 atom stereocenters. The summed E-state index contributed by atoms with van der Waals surface area (Å²) in [6.45, 7) is 6.64. The van der Waals surface area contributed by atoms with E-state index in [0.717, 1.165) is 11.8 Å². The van der Waals surface area contributed by atoms with E-state index in [0.29, 0.717) is 5.92 Å². The zero-order valence-electron chi connectivity index (χ0n) is 9.97. The molecule has 0 N–H and O–H groups in total. The normalized spacial score (nSPS) is 32.1. The Morgan fingerprint density at radius 3 is 2.71 bits per heavy atom. The van der Waals surface area contributed by atoms with Crippen molar-refractivity contribution in [3.05, 3.63) is 0 Å². The maximum atomic E-state index is 3.42. The van der Waals surface area contributed by atoms with E-state index in [1.807, 2.05) is 6.92 Å². The van der Waals surface area contributed by atoms with Crippen molar-refractivity contribution in [1.82, 2.24) is 0 Å². The van der Waals surface area contributed by atoms with Crippen molar-refractivity contribution in [3.8, 4) is 11.8 Å². The van der Waals surface area contributed by atoms with Crippen LogP contribution in [0, 0.1) is 29.6 Å². The molecular formula is C14H24. The third-order valence-corrected chi connectivity index (χ3v) is 3.51. The van der Waals surface area contributed by atoms with Crippen LogP contribution in [0.25, 0.3) is 0 Å². The highest BCUT2D eigenvalue weighted by Crippen LogP contribution is 2.36. The molecule has 1 aliphatic rings. The van der Waals surface area contributed by atoms with Gasteiger partial charge in [0.25, 0.3) is 0 Å². The zero-order chi connectivity index (χ0) is 10.4. The minimum atomic E-state index is 0.704. The van der Waals surface area contributed by atoms with Gasteiger partial charge < -0.3 is 0 Å². The van der Waals surface area contributed by atoms with Crippen LogP contribution in [0.1, 0.15) is 59.3 Å². The second kappa shape index (κ2) is 6.12. The van der Waals surface area contributed by atoms with Gasteiger partial charge in [-0.25, -0.2) is 0 Å². The van der Waals surface area contributed by atoms with Crippen LogP contribution in [0.15, 0.2) is 0 Å². The predicted molar refractivity (Wildman–Crippen MR) is 63.0 cm³/mol. The summed E-state index contributed by atoms with van der Waals surface area (Å²) in [4.78, 5) is 0. The van der Waals surface area contributed by atoms with Crippen LogP contribution in [0.3, 0.4) is 0 Å². The molecule has 1 rings (SSSR count). The monoisotopic (exact) mass is 192 g/mol. The summed E-state index contributed by atoms with van der Waals surface area (Å²) >= 11 is 0. The molecular weight excluding hydrogens is 168 g/mol. The Balaban J connectivity index is 2.47. The van der Waals surface area contributed by atoms with Gasteiger partial charge >= 0.3 is 0 Å².